The highest BCUT2D eigenvalue weighted by Crippen LogP contribution is 2.66. The summed E-state index contributed by atoms with van der Waals surface area (Å²) in [7, 11) is 0. The largest absolute Gasteiger partial charge is 0.490 e. The van der Waals surface area contributed by atoms with Crippen molar-refractivity contribution in [3.8, 4) is 11.5 Å². The predicted octanol–water partition coefficient (Wildman–Crippen LogP) is 5.98. The maximum absolute atomic E-state index is 12.2. The van der Waals surface area contributed by atoms with Crippen molar-refractivity contribution in [3.63, 3.8) is 0 Å². The molecule has 6 heteroatoms. The molecule has 0 saturated heterocycles. The number of hydrogen-bond donors (Lipinski definition) is 2. The topological polar surface area (TPSA) is 59.6 Å². The zero-order valence-electron chi connectivity index (χ0n) is 21.2. The van der Waals surface area contributed by atoms with Gasteiger partial charge in [0.15, 0.2) is 18.1 Å². The summed E-state index contributed by atoms with van der Waals surface area (Å²) >= 11 is 3.67. The highest BCUT2D eigenvalue weighted by Gasteiger charge is 2.59. The van der Waals surface area contributed by atoms with E-state index in [2.05, 4.69) is 52.5 Å². The minimum Gasteiger partial charge on any atom is -0.490 e. The lowest BCUT2D eigenvalue weighted by Crippen LogP contribution is -2.63. The van der Waals surface area contributed by atoms with Crippen LogP contribution in [0.25, 0.3) is 0 Å². The Labute approximate surface area is 207 Å². The Morgan fingerprint density at radius 2 is 1.76 bits per heavy atom. The van der Waals surface area contributed by atoms with E-state index < -0.39 is 0 Å². The molecule has 33 heavy (non-hydrogen) atoms. The molecule has 1 aromatic rings. The van der Waals surface area contributed by atoms with Gasteiger partial charge in [0.1, 0.15) is 0 Å². The standard InChI is InChI=1S/C27H41BrN2O3/c1-7-32-21-9-18(8-20(28)23(21)33-14-22(31)30-24(2,3)4)13-29-27-12-19-10-25(5,16-27)15-26(6,11-19)17-27/h8-9,19,29H,7,10-17H2,1-6H3,(H,30,31). The van der Waals surface area contributed by atoms with E-state index in [9.17, 15) is 4.79 Å². The maximum Gasteiger partial charge on any atom is 0.258 e. The Kier molecular flexibility index (Phi) is 6.58. The first-order valence-electron chi connectivity index (χ1n) is 12.5. The van der Waals surface area contributed by atoms with Crippen LogP contribution in [0.2, 0.25) is 0 Å². The van der Waals surface area contributed by atoms with E-state index in [4.69, 9.17) is 9.47 Å². The smallest absolute Gasteiger partial charge is 0.258 e. The molecule has 4 bridgehead atoms. The van der Waals surface area contributed by atoms with Crippen molar-refractivity contribution in [2.45, 2.75) is 97.7 Å². The summed E-state index contributed by atoms with van der Waals surface area (Å²) in [5.41, 5.74) is 2.11. The molecule has 4 aliphatic rings. The van der Waals surface area contributed by atoms with Gasteiger partial charge in [0.2, 0.25) is 0 Å². The normalized spacial score (nSPS) is 32.6. The van der Waals surface area contributed by atoms with E-state index in [0.717, 1.165) is 16.9 Å². The number of carbonyl (C=O) groups excluding carboxylic acids is 1. The van der Waals surface area contributed by atoms with Crippen LogP contribution >= 0.6 is 15.9 Å². The lowest BCUT2D eigenvalue weighted by atomic mass is 9.43. The Bertz CT molecular complexity index is 891. The molecule has 0 heterocycles. The van der Waals surface area contributed by atoms with Gasteiger partial charge in [0, 0.05) is 17.6 Å². The predicted molar refractivity (Wildman–Crippen MR) is 136 cm³/mol. The number of carbonyl (C=O) groups is 1. The summed E-state index contributed by atoms with van der Waals surface area (Å²) in [6.07, 6.45) is 8.07. The number of ether oxygens (including phenoxy) is 2. The molecule has 0 spiro atoms. The van der Waals surface area contributed by atoms with E-state index in [1.807, 2.05) is 27.7 Å². The fourth-order valence-corrected chi connectivity index (χ4v) is 8.26. The van der Waals surface area contributed by atoms with Crippen LogP contribution in [0.1, 0.15) is 85.6 Å². The molecule has 0 aliphatic heterocycles. The summed E-state index contributed by atoms with van der Waals surface area (Å²) in [6.45, 7) is 14.2. The van der Waals surface area contributed by atoms with Gasteiger partial charge >= 0.3 is 0 Å². The van der Waals surface area contributed by atoms with E-state index in [0.29, 0.717) is 28.9 Å². The van der Waals surface area contributed by atoms with Gasteiger partial charge in [-0.3, -0.25) is 4.79 Å². The zero-order valence-corrected chi connectivity index (χ0v) is 22.8. The molecular weight excluding hydrogens is 480 g/mol. The van der Waals surface area contributed by atoms with E-state index in [1.165, 1.54) is 44.1 Å². The van der Waals surface area contributed by atoms with Crippen molar-refractivity contribution in [2.75, 3.05) is 13.2 Å². The van der Waals surface area contributed by atoms with Crippen LogP contribution < -0.4 is 20.1 Å². The first kappa shape index (κ1) is 24.8. The molecule has 2 N–H and O–H groups in total. The second kappa shape index (κ2) is 8.75. The highest BCUT2D eigenvalue weighted by molar-refractivity contribution is 9.10. The molecule has 1 aromatic carbocycles. The zero-order chi connectivity index (χ0) is 24.1. The van der Waals surface area contributed by atoms with Gasteiger partial charge in [-0.2, -0.15) is 0 Å². The van der Waals surface area contributed by atoms with Crippen LogP contribution in [0, 0.1) is 16.7 Å². The van der Waals surface area contributed by atoms with Gasteiger partial charge in [0.05, 0.1) is 11.1 Å². The molecule has 1 amide bonds. The van der Waals surface area contributed by atoms with Crippen molar-refractivity contribution in [1.82, 2.24) is 10.6 Å². The van der Waals surface area contributed by atoms with Crippen molar-refractivity contribution in [3.05, 3.63) is 22.2 Å². The molecule has 0 aromatic heterocycles. The van der Waals surface area contributed by atoms with Gasteiger partial charge in [0.25, 0.3) is 5.91 Å². The molecule has 4 saturated carbocycles. The van der Waals surface area contributed by atoms with E-state index in [1.54, 1.807) is 0 Å². The van der Waals surface area contributed by atoms with Gasteiger partial charge in [-0.15, -0.1) is 0 Å². The van der Waals surface area contributed by atoms with Crippen molar-refractivity contribution < 1.29 is 14.3 Å². The van der Waals surface area contributed by atoms with Gasteiger partial charge < -0.3 is 20.1 Å². The number of halogens is 1. The lowest BCUT2D eigenvalue weighted by molar-refractivity contribution is -0.124. The summed E-state index contributed by atoms with van der Waals surface area (Å²) in [5, 5.41) is 6.94. The highest BCUT2D eigenvalue weighted by atomic mass is 79.9. The van der Waals surface area contributed by atoms with Crippen LogP contribution in [0.15, 0.2) is 16.6 Å². The first-order chi connectivity index (χ1) is 15.3. The van der Waals surface area contributed by atoms with Crippen LogP contribution in [-0.2, 0) is 11.3 Å². The minimum atomic E-state index is -0.290. The Hall–Kier alpha value is -1.27. The molecule has 2 atom stereocenters. The summed E-state index contributed by atoms with van der Waals surface area (Å²) in [6, 6.07) is 4.15. The maximum atomic E-state index is 12.2. The van der Waals surface area contributed by atoms with E-state index >= 15 is 0 Å². The van der Waals surface area contributed by atoms with Crippen molar-refractivity contribution in [2.24, 2.45) is 16.7 Å². The van der Waals surface area contributed by atoms with Gasteiger partial charge in [-0.25, -0.2) is 0 Å². The first-order valence-corrected chi connectivity index (χ1v) is 13.3. The number of rotatable bonds is 8. The van der Waals surface area contributed by atoms with Gasteiger partial charge in [-0.1, -0.05) is 13.8 Å². The summed E-state index contributed by atoms with van der Waals surface area (Å²) in [4.78, 5) is 12.2. The third-order valence-corrected chi connectivity index (χ3v) is 8.11. The Balaban J connectivity index is 1.46. The third-order valence-electron chi connectivity index (χ3n) is 7.52. The molecule has 5 nitrogen and oxygen atoms in total. The average molecular weight is 522 g/mol. The SMILES string of the molecule is CCOc1cc(CNC23CC4CC(C)(CC(C)(C4)C2)C3)cc(Br)c1OCC(=O)NC(C)(C)C. The van der Waals surface area contributed by atoms with Gasteiger partial charge in [-0.05, 0) is 117 Å². The molecular formula is C27H41BrN2O3. The van der Waals surface area contributed by atoms with Crippen LogP contribution in [0.5, 0.6) is 11.5 Å². The Morgan fingerprint density at radius 3 is 2.33 bits per heavy atom. The molecule has 0 radical (unpaired) electrons. The minimum absolute atomic E-state index is 0.0464. The number of benzene rings is 1. The number of amides is 1. The molecule has 184 valence electrons. The summed E-state index contributed by atoms with van der Waals surface area (Å²) < 4.78 is 12.6. The second-order valence-electron chi connectivity index (χ2n) is 12.7. The van der Waals surface area contributed by atoms with Crippen molar-refractivity contribution >= 4 is 21.8 Å². The second-order valence-corrected chi connectivity index (χ2v) is 13.5. The average Bonchev–Trinajstić information content (AvgIpc) is 2.61. The molecule has 5 rings (SSSR count). The molecule has 4 fully saturated rings. The molecule has 2 unspecified atom stereocenters. The Morgan fingerprint density at radius 1 is 1.09 bits per heavy atom. The molecule has 4 aliphatic carbocycles. The summed E-state index contributed by atoms with van der Waals surface area (Å²) in [5.74, 6) is 1.98. The van der Waals surface area contributed by atoms with Crippen LogP contribution in [-0.4, -0.2) is 30.2 Å². The quantitative estimate of drug-likeness (QED) is 0.442. The van der Waals surface area contributed by atoms with Crippen molar-refractivity contribution in [1.29, 1.82) is 0 Å². The fourth-order valence-electron chi connectivity index (χ4n) is 7.65. The van der Waals surface area contributed by atoms with Crippen LogP contribution in [0.4, 0.5) is 0 Å². The van der Waals surface area contributed by atoms with Crippen LogP contribution in [0.3, 0.4) is 0 Å². The monoisotopic (exact) mass is 520 g/mol. The lowest BCUT2D eigenvalue weighted by Gasteiger charge is -2.65. The third kappa shape index (κ3) is 5.70. The van der Waals surface area contributed by atoms with E-state index in [-0.39, 0.29) is 23.6 Å². The number of nitrogens with one attached hydrogen (secondary N) is 2. The fraction of sp³-hybridized carbons (Fsp3) is 0.741. The number of hydrogen-bond acceptors (Lipinski definition) is 4.